The number of nitriles is 1. The van der Waals surface area contributed by atoms with Crippen LogP contribution < -0.4 is 10.6 Å². The van der Waals surface area contributed by atoms with Gasteiger partial charge in [0.05, 0.1) is 12.6 Å². The van der Waals surface area contributed by atoms with E-state index in [-0.39, 0.29) is 11.3 Å². The second kappa shape index (κ2) is 5.73. The van der Waals surface area contributed by atoms with Gasteiger partial charge in [0.2, 0.25) is 5.91 Å². The fourth-order valence-electron chi connectivity index (χ4n) is 3.30. The van der Waals surface area contributed by atoms with Crippen LogP contribution >= 0.6 is 0 Å². The molecule has 0 spiro atoms. The van der Waals surface area contributed by atoms with E-state index in [0.29, 0.717) is 18.5 Å². The molecule has 4 nitrogen and oxygen atoms in total. The molecule has 2 aliphatic rings. The van der Waals surface area contributed by atoms with Gasteiger partial charge >= 0.3 is 0 Å². The molecule has 0 aliphatic heterocycles. The van der Waals surface area contributed by atoms with Gasteiger partial charge in [-0.25, -0.2) is 0 Å². The lowest BCUT2D eigenvalue weighted by atomic mass is 9.73. The first-order valence-corrected chi connectivity index (χ1v) is 7.83. The summed E-state index contributed by atoms with van der Waals surface area (Å²) in [7, 11) is 0. The summed E-state index contributed by atoms with van der Waals surface area (Å²) in [5.74, 6) is 0.282. The average Bonchev–Trinajstić information content (AvgIpc) is 3.21. The zero-order chi connectivity index (χ0) is 14.8. The molecule has 0 saturated heterocycles. The van der Waals surface area contributed by atoms with Crippen molar-refractivity contribution in [3.05, 3.63) is 0 Å². The molecule has 20 heavy (non-hydrogen) atoms. The molecule has 2 saturated carbocycles. The third kappa shape index (κ3) is 3.52. The number of carbonyl (C=O) groups is 1. The Hall–Kier alpha value is -1.08. The number of amides is 1. The van der Waals surface area contributed by atoms with Gasteiger partial charge in [-0.1, -0.05) is 26.7 Å². The smallest absolute Gasteiger partial charge is 0.235 e. The number of hydrogen-bond acceptors (Lipinski definition) is 3. The van der Waals surface area contributed by atoms with Crippen LogP contribution in [0.15, 0.2) is 0 Å². The number of carbonyl (C=O) groups excluding carboxylic acids is 1. The van der Waals surface area contributed by atoms with Crippen LogP contribution in [0.3, 0.4) is 0 Å². The van der Waals surface area contributed by atoms with E-state index in [2.05, 4.69) is 30.6 Å². The van der Waals surface area contributed by atoms with Crippen molar-refractivity contribution in [1.29, 1.82) is 5.26 Å². The first kappa shape index (κ1) is 15.3. The van der Waals surface area contributed by atoms with Crippen LogP contribution in [0.2, 0.25) is 0 Å². The number of nitrogens with one attached hydrogen (secondary N) is 2. The molecule has 2 aliphatic carbocycles. The summed E-state index contributed by atoms with van der Waals surface area (Å²) in [5.41, 5.74) is -0.422. The average molecular weight is 277 g/mol. The van der Waals surface area contributed by atoms with E-state index in [1.807, 2.05) is 6.92 Å². The number of rotatable bonds is 5. The Labute approximate surface area is 122 Å². The Balaban J connectivity index is 1.81. The predicted molar refractivity (Wildman–Crippen MR) is 78.9 cm³/mol. The SMILES string of the molecule is CC1(C)CCCC[C@H]1NCC(=O)N[C@](C)(C#N)C1CC1. The molecule has 2 rings (SSSR count). The van der Waals surface area contributed by atoms with Crippen molar-refractivity contribution in [1.82, 2.24) is 10.6 Å². The van der Waals surface area contributed by atoms with Gasteiger partial charge in [0, 0.05) is 6.04 Å². The maximum Gasteiger partial charge on any atom is 0.235 e. The summed E-state index contributed by atoms with van der Waals surface area (Å²) in [6.07, 6.45) is 6.97. The lowest BCUT2D eigenvalue weighted by Gasteiger charge is -2.39. The summed E-state index contributed by atoms with van der Waals surface area (Å²) in [5, 5.41) is 15.6. The van der Waals surface area contributed by atoms with Gasteiger partial charge in [0.15, 0.2) is 0 Å². The molecule has 2 atom stereocenters. The maximum absolute atomic E-state index is 12.1. The fourth-order valence-corrected chi connectivity index (χ4v) is 3.30. The Morgan fingerprint density at radius 2 is 2.05 bits per heavy atom. The van der Waals surface area contributed by atoms with Gasteiger partial charge in [-0.15, -0.1) is 0 Å². The quantitative estimate of drug-likeness (QED) is 0.810. The molecular formula is C16H27N3O. The van der Waals surface area contributed by atoms with Crippen LogP contribution in [0.4, 0.5) is 0 Å². The lowest BCUT2D eigenvalue weighted by molar-refractivity contribution is -0.122. The summed E-state index contributed by atoms with van der Waals surface area (Å²) in [6.45, 7) is 6.70. The van der Waals surface area contributed by atoms with Crippen molar-refractivity contribution < 1.29 is 4.79 Å². The number of nitrogens with zero attached hydrogens (tertiary/aromatic N) is 1. The Kier molecular flexibility index (Phi) is 4.39. The van der Waals surface area contributed by atoms with Crippen molar-refractivity contribution in [3.8, 4) is 6.07 Å². The minimum atomic E-state index is -0.680. The van der Waals surface area contributed by atoms with Crippen molar-refractivity contribution in [3.63, 3.8) is 0 Å². The molecule has 0 heterocycles. The molecule has 0 unspecified atom stereocenters. The van der Waals surface area contributed by atoms with E-state index in [0.717, 1.165) is 19.3 Å². The van der Waals surface area contributed by atoms with Gasteiger partial charge in [0.25, 0.3) is 0 Å². The third-order valence-electron chi connectivity index (χ3n) is 5.04. The van der Waals surface area contributed by atoms with Crippen LogP contribution in [-0.4, -0.2) is 24.0 Å². The van der Waals surface area contributed by atoms with Gasteiger partial charge in [0.1, 0.15) is 5.54 Å². The molecule has 0 aromatic carbocycles. The Bertz CT molecular complexity index is 408. The molecule has 0 aromatic heterocycles. The molecule has 0 radical (unpaired) electrons. The Morgan fingerprint density at radius 3 is 2.60 bits per heavy atom. The summed E-state index contributed by atoms with van der Waals surface area (Å²) >= 11 is 0. The van der Waals surface area contributed by atoms with E-state index in [1.54, 1.807) is 0 Å². The topological polar surface area (TPSA) is 64.9 Å². The highest BCUT2D eigenvalue weighted by molar-refractivity contribution is 5.79. The largest absolute Gasteiger partial charge is 0.337 e. The molecule has 1 amide bonds. The van der Waals surface area contributed by atoms with E-state index in [4.69, 9.17) is 0 Å². The number of hydrogen-bond donors (Lipinski definition) is 2. The summed E-state index contributed by atoms with van der Waals surface area (Å²) in [6, 6.07) is 2.67. The van der Waals surface area contributed by atoms with Crippen LogP contribution in [0, 0.1) is 22.7 Å². The minimum absolute atomic E-state index is 0.0534. The highest BCUT2D eigenvalue weighted by Gasteiger charge is 2.43. The minimum Gasteiger partial charge on any atom is -0.337 e. The zero-order valence-corrected chi connectivity index (χ0v) is 13.0. The third-order valence-corrected chi connectivity index (χ3v) is 5.04. The lowest BCUT2D eigenvalue weighted by Crippen LogP contribution is -2.52. The summed E-state index contributed by atoms with van der Waals surface area (Å²) < 4.78 is 0. The molecule has 4 heteroatoms. The van der Waals surface area contributed by atoms with Gasteiger partial charge < -0.3 is 10.6 Å². The Morgan fingerprint density at radius 1 is 1.35 bits per heavy atom. The molecule has 0 bridgehead atoms. The van der Waals surface area contributed by atoms with Crippen molar-refractivity contribution in [2.75, 3.05) is 6.54 Å². The molecule has 0 aromatic rings. The highest BCUT2D eigenvalue weighted by atomic mass is 16.2. The van der Waals surface area contributed by atoms with Crippen LogP contribution in [-0.2, 0) is 4.79 Å². The van der Waals surface area contributed by atoms with E-state index < -0.39 is 5.54 Å². The van der Waals surface area contributed by atoms with Crippen molar-refractivity contribution in [2.45, 2.75) is 70.9 Å². The first-order chi connectivity index (χ1) is 9.37. The van der Waals surface area contributed by atoms with Crippen LogP contribution in [0.1, 0.15) is 59.3 Å². The van der Waals surface area contributed by atoms with Gasteiger partial charge in [-0.05, 0) is 43.9 Å². The second-order valence-corrected chi connectivity index (χ2v) is 7.30. The standard InChI is InChI=1S/C16H27N3O/c1-15(2)9-5-4-6-13(15)18-10-14(20)19-16(3,11-17)12-7-8-12/h12-13,18H,4-10H2,1-3H3,(H,19,20)/t13-,16-/m1/s1. The monoisotopic (exact) mass is 277 g/mol. The van der Waals surface area contributed by atoms with Gasteiger partial charge in [-0.2, -0.15) is 5.26 Å². The van der Waals surface area contributed by atoms with Crippen molar-refractivity contribution in [2.24, 2.45) is 11.3 Å². The van der Waals surface area contributed by atoms with E-state index >= 15 is 0 Å². The van der Waals surface area contributed by atoms with E-state index in [9.17, 15) is 10.1 Å². The molecular weight excluding hydrogens is 250 g/mol. The van der Waals surface area contributed by atoms with Crippen LogP contribution in [0.5, 0.6) is 0 Å². The zero-order valence-electron chi connectivity index (χ0n) is 13.0. The summed E-state index contributed by atoms with van der Waals surface area (Å²) in [4.78, 5) is 12.1. The second-order valence-electron chi connectivity index (χ2n) is 7.30. The predicted octanol–water partition coefficient (Wildman–Crippen LogP) is 2.35. The fraction of sp³-hybridized carbons (Fsp3) is 0.875. The first-order valence-electron chi connectivity index (χ1n) is 7.83. The molecule has 2 fully saturated rings. The van der Waals surface area contributed by atoms with E-state index in [1.165, 1.54) is 19.3 Å². The maximum atomic E-state index is 12.1. The van der Waals surface area contributed by atoms with Crippen molar-refractivity contribution >= 4 is 5.91 Å². The normalized spacial score (nSPS) is 28.2. The van der Waals surface area contributed by atoms with Gasteiger partial charge in [-0.3, -0.25) is 4.79 Å². The highest BCUT2D eigenvalue weighted by Crippen LogP contribution is 2.39. The molecule has 112 valence electrons. The molecule has 2 N–H and O–H groups in total. The van der Waals surface area contributed by atoms with Crippen LogP contribution in [0.25, 0.3) is 0 Å².